The third-order valence-corrected chi connectivity index (χ3v) is 2.84. The maximum Gasteiger partial charge on any atom is 0.326 e. The molecule has 0 saturated heterocycles. The van der Waals surface area contributed by atoms with Gasteiger partial charge < -0.3 is 15.7 Å². The number of hydrogen-bond donors (Lipinski definition) is 3. The van der Waals surface area contributed by atoms with Crippen molar-refractivity contribution in [2.45, 2.75) is 33.4 Å². The van der Waals surface area contributed by atoms with Gasteiger partial charge in [0.05, 0.1) is 0 Å². The minimum atomic E-state index is -1.16. The molecule has 21 heavy (non-hydrogen) atoms. The zero-order valence-electron chi connectivity index (χ0n) is 12.0. The predicted molar refractivity (Wildman–Crippen MR) is 72.6 cm³/mol. The van der Waals surface area contributed by atoms with Crippen LogP contribution in [-0.2, 0) is 11.3 Å². The van der Waals surface area contributed by atoms with Gasteiger partial charge in [-0.2, -0.15) is 0 Å². The van der Waals surface area contributed by atoms with E-state index in [-0.39, 0.29) is 12.1 Å². The van der Waals surface area contributed by atoms with Crippen LogP contribution in [0.25, 0.3) is 0 Å². The van der Waals surface area contributed by atoms with E-state index in [9.17, 15) is 18.4 Å². The molecule has 0 saturated carbocycles. The Labute approximate surface area is 121 Å². The van der Waals surface area contributed by atoms with Crippen LogP contribution in [0.2, 0.25) is 0 Å². The second kappa shape index (κ2) is 6.51. The molecule has 1 rings (SSSR count). The van der Waals surface area contributed by atoms with Crippen LogP contribution in [0.5, 0.6) is 0 Å². The van der Waals surface area contributed by atoms with E-state index in [0.29, 0.717) is 6.07 Å². The zero-order valence-corrected chi connectivity index (χ0v) is 12.0. The highest BCUT2D eigenvalue weighted by atomic mass is 19.1. The monoisotopic (exact) mass is 300 g/mol. The van der Waals surface area contributed by atoms with Crippen molar-refractivity contribution in [1.29, 1.82) is 0 Å². The molecule has 0 aliphatic heterocycles. The van der Waals surface area contributed by atoms with Crippen LogP contribution in [0.3, 0.4) is 0 Å². The van der Waals surface area contributed by atoms with Crippen LogP contribution in [-0.4, -0.2) is 23.1 Å². The van der Waals surface area contributed by atoms with E-state index in [0.717, 1.165) is 6.07 Å². The lowest BCUT2D eigenvalue weighted by Crippen LogP contribution is -2.52. The van der Waals surface area contributed by atoms with Crippen molar-refractivity contribution in [2.75, 3.05) is 0 Å². The number of halogens is 2. The maximum atomic E-state index is 13.4. The number of carboxylic acids is 1. The Kier molecular flexibility index (Phi) is 5.23. The Morgan fingerprint density at radius 2 is 1.90 bits per heavy atom. The van der Waals surface area contributed by atoms with Gasteiger partial charge in [0.25, 0.3) is 0 Å². The Bertz CT molecular complexity index is 542. The number of benzene rings is 1. The Morgan fingerprint density at radius 1 is 1.29 bits per heavy atom. The Balaban J connectivity index is 2.63. The number of carbonyl (C=O) groups is 2. The summed E-state index contributed by atoms with van der Waals surface area (Å²) in [6.45, 7) is 4.84. The smallest absolute Gasteiger partial charge is 0.326 e. The first-order valence-corrected chi connectivity index (χ1v) is 6.32. The molecule has 0 unspecified atom stereocenters. The lowest BCUT2D eigenvalue weighted by molar-refractivity contribution is -0.141. The molecule has 1 aromatic rings. The van der Waals surface area contributed by atoms with Gasteiger partial charge in [-0.05, 0) is 11.5 Å². The van der Waals surface area contributed by atoms with Gasteiger partial charge in [-0.15, -0.1) is 0 Å². The molecule has 0 spiro atoms. The molecule has 0 aromatic heterocycles. The molecule has 116 valence electrons. The molecule has 1 atom stereocenters. The Morgan fingerprint density at radius 3 is 2.38 bits per heavy atom. The third-order valence-electron chi connectivity index (χ3n) is 2.84. The van der Waals surface area contributed by atoms with E-state index < -0.39 is 35.1 Å². The van der Waals surface area contributed by atoms with Crippen molar-refractivity contribution in [2.24, 2.45) is 5.41 Å². The van der Waals surface area contributed by atoms with Crippen molar-refractivity contribution in [3.05, 3.63) is 35.4 Å². The topological polar surface area (TPSA) is 78.4 Å². The van der Waals surface area contributed by atoms with Gasteiger partial charge in [-0.1, -0.05) is 26.8 Å². The molecule has 0 aliphatic rings. The number of amides is 2. The molecule has 5 nitrogen and oxygen atoms in total. The first-order valence-electron chi connectivity index (χ1n) is 6.32. The van der Waals surface area contributed by atoms with Crippen LogP contribution in [0.15, 0.2) is 18.2 Å². The zero-order chi connectivity index (χ0) is 16.2. The summed E-state index contributed by atoms with van der Waals surface area (Å²) in [6.07, 6.45) is 0. The van der Waals surface area contributed by atoms with Crippen molar-refractivity contribution in [1.82, 2.24) is 10.6 Å². The van der Waals surface area contributed by atoms with Gasteiger partial charge in [0.2, 0.25) is 0 Å². The molecule has 0 fully saturated rings. The van der Waals surface area contributed by atoms with Crippen LogP contribution in [0.1, 0.15) is 26.3 Å². The van der Waals surface area contributed by atoms with Gasteiger partial charge in [0.15, 0.2) is 0 Å². The van der Waals surface area contributed by atoms with Crippen molar-refractivity contribution in [3.8, 4) is 0 Å². The van der Waals surface area contributed by atoms with E-state index in [1.165, 1.54) is 6.07 Å². The van der Waals surface area contributed by atoms with Crippen LogP contribution >= 0.6 is 0 Å². The average molecular weight is 300 g/mol. The number of aliphatic carboxylic acids is 1. The minimum Gasteiger partial charge on any atom is -0.480 e. The Hall–Kier alpha value is -2.18. The number of hydrogen-bond acceptors (Lipinski definition) is 2. The lowest BCUT2D eigenvalue weighted by Gasteiger charge is -2.27. The van der Waals surface area contributed by atoms with Crippen LogP contribution < -0.4 is 10.6 Å². The summed E-state index contributed by atoms with van der Waals surface area (Å²) >= 11 is 0. The van der Waals surface area contributed by atoms with E-state index in [2.05, 4.69) is 10.6 Å². The fourth-order valence-electron chi connectivity index (χ4n) is 1.67. The number of urea groups is 1. The molecule has 0 bridgehead atoms. The lowest BCUT2D eigenvalue weighted by atomic mass is 9.87. The molecule has 7 heteroatoms. The van der Waals surface area contributed by atoms with Crippen LogP contribution in [0, 0.1) is 17.0 Å². The second-order valence-electron chi connectivity index (χ2n) is 5.70. The van der Waals surface area contributed by atoms with Crippen molar-refractivity contribution < 1.29 is 23.5 Å². The third kappa shape index (κ3) is 5.02. The molecule has 2 amide bonds. The largest absolute Gasteiger partial charge is 0.480 e. The number of nitrogens with one attached hydrogen (secondary N) is 2. The molecule has 1 aromatic carbocycles. The number of carboxylic acid groups (broad SMARTS) is 1. The highest BCUT2D eigenvalue weighted by Gasteiger charge is 2.32. The molecular formula is C14H18F2N2O3. The summed E-state index contributed by atoms with van der Waals surface area (Å²) in [7, 11) is 0. The van der Waals surface area contributed by atoms with E-state index in [4.69, 9.17) is 5.11 Å². The molecule has 3 N–H and O–H groups in total. The standard InChI is InChI=1S/C14H18F2N2O3/c1-14(2,3)11(12(19)20)18-13(21)17-7-8-4-5-9(15)6-10(8)16/h4-6,11H,7H2,1-3H3,(H,19,20)(H2,17,18,21)/t11-/m1/s1. The van der Waals surface area contributed by atoms with Crippen LogP contribution in [0.4, 0.5) is 13.6 Å². The predicted octanol–water partition coefficient (Wildman–Crippen LogP) is 2.26. The fourth-order valence-corrected chi connectivity index (χ4v) is 1.67. The highest BCUT2D eigenvalue weighted by Crippen LogP contribution is 2.19. The van der Waals surface area contributed by atoms with Gasteiger partial charge in [-0.3, -0.25) is 0 Å². The fraction of sp³-hybridized carbons (Fsp3) is 0.429. The van der Waals surface area contributed by atoms with Gasteiger partial charge in [-0.25, -0.2) is 18.4 Å². The maximum absolute atomic E-state index is 13.4. The molecule has 0 aliphatic carbocycles. The van der Waals surface area contributed by atoms with E-state index >= 15 is 0 Å². The van der Waals surface area contributed by atoms with Gasteiger partial charge >= 0.3 is 12.0 Å². The summed E-state index contributed by atoms with van der Waals surface area (Å²) in [4.78, 5) is 22.8. The summed E-state index contributed by atoms with van der Waals surface area (Å²) in [5.74, 6) is -2.65. The van der Waals surface area contributed by atoms with Crippen molar-refractivity contribution in [3.63, 3.8) is 0 Å². The molecule has 0 radical (unpaired) electrons. The first kappa shape index (κ1) is 16.9. The first-order chi connectivity index (χ1) is 9.61. The molecular weight excluding hydrogens is 282 g/mol. The van der Waals surface area contributed by atoms with E-state index in [1.807, 2.05) is 0 Å². The van der Waals surface area contributed by atoms with E-state index in [1.54, 1.807) is 20.8 Å². The summed E-state index contributed by atoms with van der Waals surface area (Å²) in [6, 6.07) is 1.18. The summed E-state index contributed by atoms with van der Waals surface area (Å²) in [5, 5.41) is 13.7. The van der Waals surface area contributed by atoms with Crippen molar-refractivity contribution >= 4 is 12.0 Å². The summed E-state index contributed by atoms with van der Waals surface area (Å²) in [5.41, 5.74) is -0.571. The number of carbonyl (C=O) groups excluding carboxylic acids is 1. The van der Waals surface area contributed by atoms with Gasteiger partial charge in [0, 0.05) is 18.2 Å². The number of rotatable bonds is 4. The normalized spacial score (nSPS) is 12.6. The second-order valence-corrected chi connectivity index (χ2v) is 5.70. The average Bonchev–Trinajstić information content (AvgIpc) is 2.33. The molecule has 0 heterocycles. The summed E-state index contributed by atoms with van der Waals surface area (Å²) < 4.78 is 26.1. The highest BCUT2D eigenvalue weighted by molar-refractivity contribution is 5.83. The van der Waals surface area contributed by atoms with Gasteiger partial charge in [0.1, 0.15) is 17.7 Å². The SMILES string of the molecule is CC(C)(C)[C@H](NC(=O)NCc1ccc(F)cc1F)C(=O)O. The minimum absolute atomic E-state index is 0.106. The quantitative estimate of drug-likeness (QED) is 0.798.